The Kier molecular flexibility index (Phi) is 5.27. The molecule has 1 aliphatic carbocycles. The Labute approximate surface area is 174 Å². The maximum Gasteiger partial charge on any atom is 0.436 e. The molecule has 11 heteroatoms. The number of nitrogens with zero attached hydrogens (tertiary/aromatic N) is 5. The summed E-state index contributed by atoms with van der Waals surface area (Å²) >= 11 is 5.92. The lowest BCUT2D eigenvalue weighted by molar-refractivity contribution is -0.141. The van der Waals surface area contributed by atoms with Crippen molar-refractivity contribution < 1.29 is 18.0 Å². The summed E-state index contributed by atoms with van der Waals surface area (Å²) in [6.45, 7) is 2.05. The minimum absolute atomic E-state index is 0.0656. The van der Waals surface area contributed by atoms with E-state index in [1.807, 2.05) is 31.2 Å². The number of benzene rings is 1. The van der Waals surface area contributed by atoms with Crippen molar-refractivity contribution in [2.24, 2.45) is 0 Å². The van der Waals surface area contributed by atoms with Crippen molar-refractivity contribution in [3.63, 3.8) is 0 Å². The van der Waals surface area contributed by atoms with Crippen molar-refractivity contribution in [2.45, 2.75) is 44.9 Å². The Hall–Kier alpha value is -2.88. The van der Waals surface area contributed by atoms with Crippen molar-refractivity contribution >= 4 is 23.5 Å². The molecule has 4 rings (SSSR count). The molecule has 0 aliphatic heterocycles. The standard InChI is InChI=1S/C19H18ClF3N6O/c1-11-4-2-3-5-13(11)8-28-10-24-18(27-28)25-14(30)9-29-16(12-6-7-12)15(20)17(26-29)19(21,22)23/h2-5,10,12H,6-9H2,1H3,(H,25,27,30). The van der Waals surface area contributed by atoms with Crippen LogP contribution in [0.1, 0.15) is 41.3 Å². The first kappa shape index (κ1) is 20.4. The van der Waals surface area contributed by atoms with Gasteiger partial charge in [-0.3, -0.25) is 14.8 Å². The third-order valence-electron chi connectivity index (χ3n) is 4.84. The smallest absolute Gasteiger partial charge is 0.292 e. The molecule has 2 heterocycles. The molecule has 0 bridgehead atoms. The first-order valence-corrected chi connectivity index (χ1v) is 9.67. The highest BCUT2D eigenvalue weighted by molar-refractivity contribution is 6.32. The molecule has 0 atom stereocenters. The number of amides is 1. The third-order valence-corrected chi connectivity index (χ3v) is 5.21. The monoisotopic (exact) mass is 438 g/mol. The van der Waals surface area contributed by atoms with Crippen LogP contribution in [-0.4, -0.2) is 30.5 Å². The Morgan fingerprint density at radius 3 is 2.67 bits per heavy atom. The van der Waals surface area contributed by atoms with Gasteiger partial charge in [0.1, 0.15) is 12.9 Å². The fourth-order valence-electron chi connectivity index (χ4n) is 3.19. The van der Waals surface area contributed by atoms with Crippen LogP contribution >= 0.6 is 11.6 Å². The van der Waals surface area contributed by atoms with E-state index in [0.717, 1.165) is 28.7 Å². The molecular formula is C19H18ClF3N6O. The second-order valence-electron chi connectivity index (χ2n) is 7.22. The van der Waals surface area contributed by atoms with Crippen LogP contribution in [0.25, 0.3) is 0 Å². The molecule has 0 unspecified atom stereocenters. The zero-order valence-corrected chi connectivity index (χ0v) is 16.7. The number of carbonyl (C=O) groups excluding carboxylic acids is 1. The first-order chi connectivity index (χ1) is 14.2. The third kappa shape index (κ3) is 4.33. The number of aryl methyl sites for hydroxylation is 1. The minimum Gasteiger partial charge on any atom is -0.292 e. The van der Waals surface area contributed by atoms with Gasteiger partial charge in [-0.05, 0) is 30.9 Å². The Morgan fingerprint density at radius 2 is 2.00 bits per heavy atom. The van der Waals surface area contributed by atoms with Crippen LogP contribution in [-0.2, 0) is 24.1 Å². The lowest BCUT2D eigenvalue weighted by Gasteiger charge is -2.06. The summed E-state index contributed by atoms with van der Waals surface area (Å²) in [5.41, 5.74) is 1.24. The van der Waals surface area contributed by atoms with Crippen molar-refractivity contribution in [1.82, 2.24) is 24.5 Å². The zero-order chi connectivity index (χ0) is 21.5. The summed E-state index contributed by atoms with van der Waals surface area (Å²) in [4.78, 5) is 16.4. The molecule has 0 spiro atoms. The van der Waals surface area contributed by atoms with Crippen molar-refractivity contribution in [1.29, 1.82) is 0 Å². The van der Waals surface area contributed by atoms with E-state index in [-0.39, 0.29) is 17.6 Å². The summed E-state index contributed by atoms with van der Waals surface area (Å²) in [6, 6.07) is 7.81. The minimum atomic E-state index is -4.68. The second-order valence-corrected chi connectivity index (χ2v) is 7.60. The number of anilines is 1. The summed E-state index contributed by atoms with van der Waals surface area (Å²) in [6.07, 6.45) is -1.77. The molecule has 1 aliphatic rings. The molecule has 1 fully saturated rings. The SMILES string of the molecule is Cc1ccccc1Cn1cnc(NC(=O)Cn2nc(C(F)(F)F)c(Cl)c2C2CC2)n1. The number of aromatic nitrogens is 5. The molecule has 30 heavy (non-hydrogen) atoms. The highest BCUT2D eigenvalue weighted by Crippen LogP contribution is 2.46. The van der Waals surface area contributed by atoms with Gasteiger partial charge in [0.25, 0.3) is 0 Å². The molecule has 1 N–H and O–H groups in total. The van der Waals surface area contributed by atoms with E-state index in [1.54, 1.807) is 4.68 Å². The maximum absolute atomic E-state index is 13.1. The van der Waals surface area contributed by atoms with Gasteiger partial charge >= 0.3 is 6.18 Å². The molecule has 0 saturated heterocycles. The molecule has 2 aromatic heterocycles. The summed E-state index contributed by atoms with van der Waals surface area (Å²) < 4.78 is 42.0. The predicted octanol–water partition coefficient (Wildman–Crippen LogP) is 4.02. The van der Waals surface area contributed by atoms with Gasteiger partial charge in [-0.1, -0.05) is 35.9 Å². The molecule has 3 aromatic rings. The van der Waals surface area contributed by atoms with Crippen LogP contribution in [0.15, 0.2) is 30.6 Å². The molecule has 158 valence electrons. The van der Waals surface area contributed by atoms with E-state index in [0.29, 0.717) is 6.54 Å². The van der Waals surface area contributed by atoms with Gasteiger partial charge in [0.15, 0.2) is 5.69 Å². The largest absolute Gasteiger partial charge is 0.436 e. The van der Waals surface area contributed by atoms with Crippen LogP contribution in [0.5, 0.6) is 0 Å². The highest BCUT2D eigenvalue weighted by atomic mass is 35.5. The number of carbonyl (C=O) groups is 1. The lowest BCUT2D eigenvalue weighted by Crippen LogP contribution is -2.22. The quantitative estimate of drug-likeness (QED) is 0.630. The predicted molar refractivity (Wildman–Crippen MR) is 103 cm³/mol. The fourth-order valence-corrected chi connectivity index (χ4v) is 3.59. The summed E-state index contributed by atoms with van der Waals surface area (Å²) in [5, 5.41) is 9.81. The van der Waals surface area contributed by atoms with E-state index in [2.05, 4.69) is 20.5 Å². The topological polar surface area (TPSA) is 77.6 Å². The molecule has 1 amide bonds. The lowest BCUT2D eigenvalue weighted by atomic mass is 10.1. The highest BCUT2D eigenvalue weighted by Gasteiger charge is 2.42. The van der Waals surface area contributed by atoms with Gasteiger partial charge in [0.2, 0.25) is 11.9 Å². The first-order valence-electron chi connectivity index (χ1n) is 9.29. The summed E-state index contributed by atoms with van der Waals surface area (Å²) in [7, 11) is 0. The Balaban J connectivity index is 1.46. The van der Waals surface area contributed by atoms with E-state index < -0.39 is 29.3 Å². The number of hydrogen-bond donors (Lipinski definition) is 1. The molecule has 1 saturated carbocycles. The normalized spacial score (nSPS) is 14.2. The molecule has 7 nitrogen and oxygen atoms in total. The van der Waals surface area contributed by atoms with Crippen molar-refractivity contribution in [3.05, 3.63) is 58.1 Å². The molecule has 0 radical (unpaired) electrons. The number of hydrogen-bond acceptors (Lipinski definition) is 4. The van der Waals surface area contributed by atoms with Crippen molar-refractivity contribution in [2.75, 3.05) is 5.32 Å². The molecular weight excluding hydrogens is 421 g/mol. The van der Waals surface area contributed by atoms with Gasteiger partial charge < -0.3 is 0 Å². The van der Waals surface area contributed by atoms with Gasteiger partial charge in [0.05, 0.1) is 17.3 Å². The van der Waals surface area contributed by atoms with Gasteiger partial charge in [0, 0.05) is 5.92 Å². The van der Waals surface area contributed by atoms with E-state index in [1.165, 1.54) is 6.33 Å². The average molecular weight is 439 g/mol. The average Bonchev–Trinajstić information content (AvgIpc) is 3.31. The van der Waals surface area contributed by atoms with Crippen molar-refractivity contribution in [3.8, 4) is 0 Å². The number of alkyl halides is 3. The van der Waals surface area contributed by atoms with Crippen LogP contribution in [0, 0.1) is 6.92 Å². The van der Waals surface area contributed by atoms with Crippen LogP contribution in [0.3, 0.4) is 0 Å². The van der Waals surface area contributed by atoms with Crippen LogP contribution < -0.4 is 5.32 Å². The Morgan fingerprint density at radius 1 is 1.27 bits per heavy atom. The zero-order valence-electron chi connectivity index (χ0n) is 15.9. The number of nitrogens with one attached hydrogen (secondary N) is 1. The fraction of sp³-hybridized carbons (Fsp3) is 0.368. The Bertz CT molecular complexity index is 1090. The second kappa shape index (κ2) is 7.75. The van der Waals surface area contributed by atoms with Gasteiger partial charge in [-0.25, -0.2) is 9.67 Å². The van der Waals surface area contributed by atoms with Gasteiger partial charge in [-0.15, -0.1) is 5.10 Å². The van der Waals surface area contributed by atoms with Crippen LogP contribution in [0.4, 0.5) is 19.1 Å². The van der Waals surface area contributed by atoms with Crippen LogP contribution in [0.2, 0.25) is 5.02 Å². The number of halogens is 4. The summed E-state index contributed by atoms with van der Waals surface area (Å²) in [5.74, 6) is -0.630. The number of rotatable bonds is 6. The van der Waals surface area contributed by atoms with E-state index >= 15 is 0 Å². The van der Waals surface area contributed by atoms with E-state index in [9.17, 15) is 18.0 Å². The van der Waals surface area contributed by atoms with Gasteiger partial charge in [-0.2, -0.15) is 18.3 Å². The maximum atomic E-state index is 13.1. The van der Waals surface area contributed by atoms with E-state index in [4.69, 9.17) is 11.6 Å². The molecule has 1 aromatic carbocycles.